The van der Waals surface area contributed by atoms with Crippen molar-refractivity contribution in [1.82, 2.24) is 4.98 Å². The molecule has 0 bridgehead atoms. The van der Waals surface area contributed by atoms with Crippen molar-refractivity contribution in [3.05, 3.63) is 66.7 Å². The number of benzene rings is 3. The highest BCUT2D eigenvalue weighted by Crippen LogP contribution is 2.33. The lowest BCUT2D eigenvalue weighted by Crippen LogP contribution is -1.84. The molecule has 4 rings (SSSR count). The minimum atomic E-state index is 0.789. The molecule has 0 atom stereocenters. The number of nitrogen functional groups attached to an aromatic ring is 1. The molecule has 3 aromatic carbocycles. The number of aromatic amines is 1. The van der Waals surface area contributed by atoms with E-state index in [1.165, 1.54) is 32.9 Å². The van der Waals surface area contributed by atoms with Gasteiger partial charge in [0.2, 0.25) is 0 Å². The highest BCUT2D eigenvalue weighted by Gasteiger charge is 2.08. The molecule has 2 heteroatoms. The molecule has 0 saturated carbocycles. The summed E-state index contributed by atoms with van der Waals surface area (Å²) in [5.41, 5.74) is 11.3. The Morgan fingerprint density at radius 1 is 0.700 bits per heavy atom. The fourth-order valence-electron chi connectivity index (χ4n) is 2.78. The van der Waals surface area contributed by atoms with Crippen molar-refractivity contribution >= 4 is 27.5 Å². The maximum absolute atomic E-state index is 5.77. The van der Waals surface area contributed by atoms with Crippen molar-refractivity contribution in [1.29, 1.82) is 0 Å². The van der Waals surface area contributed by atoms with Gasteiger partial charge in [0.1, 0.15) is 0 Å². The van der Waals surface area contributed by atoms with Gasteiger partial charge in [0, 0.05) is 27.5 Å². The van der Waals surface area contributed by atoms with Gasteiger partial charge in [-0.2, -0.15) is 0 Å². The molecule has 3 N–H and O–H groups in total. The lowest BCUT2D eigenvalue weighted by Gasteiger charge is -2.04. The van der Waals surface area contributed by atoms with Gasteiger partial charge in [-0.1, -0.05) is 48.5 Å². The Hall–Kier alpha value is -2.74. The van der Waals surface area contributed by atoms with Crippen molar-refractivity contribution < 1.29 is 0 Å². The zero-order valence-electron chi connectivity index (χ0n) is 10.9. The summed E-state index contributed by atoms with van der Waals surface area (Å²) in [4.78, 5) is 3.53. The molecule has 0 spiro atoms. The van der Waals surface area contributed by atoms with Crippen LogP contribution in [0, 0.1) is 0 Å². The van der Waals surface area contributed by atoms with Crippen molar-refractivity contribution in [2.75, 3.05) is 5.73 Å². The summed E-state index contributed by atoms with van der Waals surface area (Å²) in [5, 5.41) is 2.52. The highest BCUT2D eigenvalue weighted by molar-refractivity contribution is 6.11. The third kappa shape index (κ3) is 1.58. The Kier molecular flexibility index (Phi) is 2.30. The summed E-state index contributed by atoms with van der Waals surface area (Å²) in [5.74, 6) is 0. The zero-order valence-corrected chi connectivity index (χ0v) is 10.9. The van der Waals surface area contributed by atoms with Gasteiger partial charge in [0.05, 0.1) is 5.52 Å². The molecule has 0 aliphatic heterocycles. The summed E-state index contributed by atoms with van der Waals surface area (Å²) in [6.45, 7) is 0. The summed E-state index contributed by atoms with van der Waals surface area (Å²) in [6, 6.07) is 22.8. The van der Waals surface area contributed by atoms with Crippen molar-refractivity contribution in [2.45, 2.75) is 0 Å². The maximum atomic E-state index is 5.77. The molecule has 0 aliphatic carbocycles. The molecule has 1 aromatic heterocycles. The van der Waals surface area contributed by atoms with Gasteiger partial charge in [-0.15, -0.1) is 0 Å². The van der Waals surface area contributed by atoms with Gasteiger partial charge in [-0.05, 0) is 23.8 Å². The third-order valence-corrected chi connectivity index (χ3v) is 3.76. The fourth-order valence-corrected chi connectivity index (χ4v) is 2.78. The van der Waals surface area contributed by atoms with Crippen LogP contribution in [0.25, 0.3) is 32.9 Å². The molecular weight excluding hydrogens is 244 g/mol. The van der Waals surface area contributed by atoms with E-state index in [1.807, 2.05) is 12.1 Å². The molecule has 0 saturated heterocycles. The van der Waals surface area contributed by atoms with E-state index in [4.69, 9.17) is 5.73 Å². The predicted octanol–water partition coefficient (Wildman–Crippen LogP) is 4.57. The van der Waals surface area contributed by atoms with Gasteiger partial charge in [0.25, 0.3) is 0 Å². The van der Waals surface area contributed by atoms with Crippen LogP contribution in [0.4, 0.5) is 5.69 Å². The van der Waals surface area contributed by atoms with Crippen LogP contribution in [0.15, 0.2) is 66.7 Å². The smallest absolute Gasteiger partial charge is 0.0544 e. The average Bonchev–Trinajstić information content (AvgIpc) is 2.87. The van der Waals surface area contributed by atoms with E-state index in [-0.39, 0.29) is 0 Å². The summed E-state index contributed by atoms with van der Waals surface area (Å²) >= 11 is 0. The van der Waals surface area contributed by atoms with E-state index in [1.54, 1.807) is 0 Å². The van der Waals surface area contributed by atoms with E-state index in [9.17, 15) is 0 Å². The number of nitrogens with two attached hydrogens (primary N) is 1. The minimum absolute atomic E-state index is 0.789. The SMILES string of the molecule is Nc1ccc(-c2cccc3c2[nH]c2ccccc23)cc1. The number of fused-ring (bicyclic) bond motifs is 3. The number of hydrogen-bond donors (Lipinski definition) is 2. The molecule has 0 aliphatic rings. The lowest BCUT2D eigenvalue weighted by molar-refractivity contribution is 1.53. The first kappa shape index (κ1) is 11.1. The normalized spacial score (nSPS) is 11.2. The maximum Gasteiger partial charge on any atom is 0.0544 e. The predicted molar refractivity (Wildman–Crippen MR) is 85.7 cm³/mol. The molecule has 0 amide bonds. The Bertz CT molecular complexity index is 902. The van der Waals surface area contributed by atoms with Crippen LogP contribution in [0.5, 0.6) is 0 Å². The van der Waals surface area contributed by atoms with Crippen molar-refractivity contribution in [3.63, 3.8) is 0 Å². The highest BCUT2D eigenvalue weighted by atomic mass is 14.7. The van der Waals surface area contributed by atoms with Crippen LogP contribution < -0.4 is 5.73 Å². The number of rotatable bonds is 1. The van der Waals surface area contributed by atoms with Crippen LogP contribution >= 0.6 is 0 Å². The summed E-state index contributed by atoms with van der Waals surface area (Å²) < 4.78 is 0. The van der Waals surface area contributed by atoms with Gasteiger partial charge >= 0.3 is 0 Å². The Balaban J connectivity index is 2.07. The van der Waals surface area contributed by atoms with Gasteiger partial charge in [-0.3, -0.25) is 0 Å². The van der Waals surface area contributed by atoms with Crippen LogP contribution in [0.1, 0.15) is 0 Å². The van der Waals surface area contributed by atoms with Gasteiger partial charge in [0.15, 0.2) is 0 Å². The van der Waals surface area contributed by atoms with E-state index in [0.29, 0.717) is 0 Å². The molecule has 20 heavy (non-hydrogen) atoms. The number of nitrogens with one attached hydrogen (secondary N) is 1. The fraction of sp³-hybridized carbons (Fsp3) is 0. The second-order valence-corrected chi connectivity index (χ2v) is 5.02. The molecule has 4 aromatic rings. The number of aromatic nitrogens is 1. The quantitative estimate of drug-likeness (QED) is 0.482. The summed E-state index contributed by atoms with van der Waals surface area (Å²) in [6.07, 6.45) is 0. The molecule has 0 radical (unpaired) electrons. The Morgan fingerprint density at radius 2 is 1.45 bits per heavy atom. The first-order valence-electron chi connectivity index (χ1n) is 6.68. The van der Waals surface area contributed by atoms with Crippen molar-refractivity contribution in [3.8, 4) is 11.1 Å². The number of H-pyrrole nitrogens is 1. The van der Waals surface area contributed by atoms with Crippen molar-refractivity contribution in [2.24, 2.45) is 0 Å². The van der Waals surface area contributed by atoms with Crippen LogP contribution in [-0.4, -0.2) is 4.98 Å². The molecule has 96 valence electrons. The zero-order chi connectivity index (χ0) is 13.5. The van der Waals surface area contributed by atoms with Gasteiger partial charge in [-0.25, -0.2) is 0 Å². The number of para-hydroxylation sites is 2. The largest absolute Gasteiger partial charge is 0.399 e. The van der Waals surface area contributed by atoms with E-state index < -0.39 is 0 Å². The topological polar surface area (TPSA) is 41.8 Å². The first-order chi connectivity index (χ1) is 9.83. The Morgan fingerprint density at radius 3 is 2.30 bits per heavy atom. The monoisotopic (exact) mass is 258 g/mol. The van der Waals surface area contributed by atoms with E-state index >= 15 is 0 Å². The first-order valence-corrected chi connectivity index (χ1v) is 6.68. The molecular formula is C18H14N2. The molecule has 2 nitrogen and oxygen atoms in total. The van der Waals surface area contributed by atoms with E-state index in [0.717, 1.165) is 5.69 Å². The number of hydrogen-bond acceptors (Lipinski definition) is 1. The van der Waals surface area contributed by atoms with Crippen LogP contribution in [-0.2, 0) is 0 Å². The van der Waals surface area contributed by atoms with Crippen LogP contribution in [0.3, 0.4) is 0 Å². The standard InChI is InChI=1S/C18H14N2/c19-13-10-8-12(9-11-13)14-5-3-6-16-15-4-1-2-7-17(15)20-18(14)16/h1-11,20H,19H2. The lowest BCUT2D eigenvalue weighted by atomic mass is 10.0. The molecule has 0 fully saturated rings. The van der Waals surface area contributed by atoms with Crippen LogP contribution in [0.2, 0.25) is 0 Å². The minimum Gasteiger partial charge on any atom is -0.399 e. The third-order valence-electron chi connectivity index (χ3n) is 3.76. The van der Waals surface area contributed by atoms with E-state index in [2.05, 4.69) is 59.6 Å². The Labute approximate surface area is 116 Å². The second-order valence-electron chi connectivity index (χ2n) is 5.02. The van der Waals surface area contributed by atoms with Gasteiger partial charge < -0.3 is 10.7 Å². The molecule has 0 unspecified atom stereocenters. The second kappa shape index (κ2) is 4.14. The number of anilines is 1. The summed E-state index contributed by atoms with van der Waals surface area (Å²) in [7, 11) is 0. The average molecular weight is 258 g/mol. The molecule has 1 heterocycles.